The van der Waals surface area contributed by atoms with Crippen LogP contribution in [0.4, 0.5) is 4.79 Å². The predicted octanol–water partition coefficient (Wildman–Crippen LogP) is -1.46. The molecule has 0 atom stereocenters. The Labute approximate surface area is 115 Å². The first kappa shape index (κ1) is 15.9. The van der Waals surface area contributed by atoms with Crippen LogP contribution in [0.1, 0.15) is 12.8 Å². The van der Waals surface area contributed by atoms with Crippen LogP contribution in [0, 0.1) is 0 Å². The molecule has 0 radical (unpaired) electrons. The highest BCUT2D eigenvalue weighted by Gasteiger charge is 2.18. The third-order valence-electron chi connectivity index (χ3n) is 2.57. The molecular weight excluding hydrogens is 270 g/mol. The molecule has 0 unspecified atom stereocenters. The number of imide groups is 1. The van der Waals surface area contributed by atoms with Crippen molar-refractivity contribution in [1.29, 1.82) is 0 Å². The Kier molecular flexibility index (Phi) is 6.44. The zero-order valence-electron chi connectivity index (χ0n) is 10.9. The van der Waals surface area contributed by atoms with Crippen LogP contribution in [-0.4, -0.2) is 66.7 Å². The molecule has 9 heteroatoms. The summed E-state index contributed by atoms with van der Waals surface area (Å²) in [4.78, 5) is 45.8. The van der Waals surface area contributed by atoms with Crippen molar-refractivity contribution in [3.63, 3.8) is 0 Å². The van der Waals surface area contributed by atoms with Gasteiger partial charge in [-0.2, -0.15) is 0 Å². The second kappa shape index (κ2) is 8.10. The smallest absolute Gasteiger partial charge is 0.329 e. The molecule has 1 aliphatic rings. The van der Waals surface area contributed by atoms with Crippen LogP contribution in [0.5, 0.6) is 0 Å². The van der Waals surface area contributed by atoms with E-state index in [9.17, 15) is 19.2 Å². The topological polar surface area (TPSA) is 125 Å². The van der Waals surface area contributed by atoms with E-state index in [1.807, 2.05) is 5.32 Å². The Morgan fingerprint density at radius 2 is 1.75 bits per heavy atom. The Bertz CT molecular complexity index is 392. The Morgan fingerprint density at radius 1 is 1.10 bits per heavy atom. The fourth-order valence-corrected chi connectivity index (χ4v) is 1.67. The van der Waals surface area contributed by atoms with Gasteiger partial charge in [0.05, 0.1) is 6.54 Å². The summed E-state index contributed by atoms with van der Waals surface area (Å²) in [5, 5.41) is 12.5. The van der Waals surface area contributed by atoms with Crippen molar-refractivity contribution in [3.8, 4) is 0 Å². The van der Waals surface area contributed by atoms with Gasteiger partial charge < -0.3 is 20.1 Å². The highest BCUT2D eigenvalue weighted by Crippen LogP contribution is 2.06. The SMILES string of the molecule is O=C(O)COCC(=O)NC(=O)NCC(=O)N1CCCC1. The van der Waals surface area contributed by atoms with Gasteiger partial charge >= 0.3 is 12.0 Å². The number of nitrogens with zero attached hydrogens (tertiary/aromatic N) is 1. The van der Waals surface area contributed by atoms with Crippen LogP contribution >= 0.6 is 0 Å². The molecule has 1 fully saturated rings. The Balaban J connectivity index is 2.14. The lowest BCUT2D eigenvalue weighted by molar-refractivity contribution is -0.143. The number of carbonyl (C=O) groups excluding carboxylic acids is 3. The zero-order chi connectivity index (χ0) is 15.0. The van der Waals surface area contributed by atoms with Crippen LogP contribution in [-0.2, 0) is 19.1 Å². The maximum absolute atomic E-state index is 11.6. The normalized spacial score (nSPS) is 13.9. The molecule has 0 aromatic rings. The molecular formula is C11H17N3O6. The fraction of sp³-hybridized carbons (Fsp3) is 0.636. The van der Waals surface area contributed by atoms with E-state index in [4.69, 9.17) is 5.11 Å². The van der Waals surface area contributed by atoms with Gasteiger partial charge in [-0.15, -0.1) is 0 Å². The third-order valence-corrected chi connectivity index (χ3v) is 2.57. The number of hydrogen-bond donors (Lipinski definition) is 3. The van der Waals surface area contributed by atoms with Gasteiger partial charge in [0.25, 0.3) is 5.91 Å². The molecule has 1 saturated heterocycles. The lowest BCUT2D eigenvalue weighted by atomic mass is 10.4. The monoisotopic (exact) mass is 287 g/mol. The summed E-state index contributed by atoms with van der Waals surface area (Å²) >= 11 is 0. The molecule has 20 heavy (non-hydrogen) atoms. The first-order valence-corrected chi connectivity index (χ1v) is 6.14. The van der Waals surface area contributed by atoms with Crippen LogP contribution in [0.25, 0.3) is 0 Å². The summed E-state index contributed by atoms with van der Waals surface area (Å²) in [7, 11) is 0. The van der Waals surface area contributed by atoms with Crippen LogP contribution < -0.4 is 10.6 Å². The molecule has 1 rings (SSSR count). The highest BCUT2D eigenvalue weighted by molar-refractivity contribution is 5.96. The average Bonchev–Trinajstić information content (AvgIpc) is 2.89. The van der Waals surface area contributed by atoms with E-state index in [0.29, 0.717) is 13.1 Å². The molecule has 1 aliphatic heterocycles. The van der Waals surface area contributed by atoms with Crippen molar-refractivity contribution < 1.29 is 29.0 Å². The summed E-state index contributed by atoms with van der Waals surface area (Å²) in [6.45, 7) is 0.0194. The van der Waals surface area contributed by atoms with Gasteiger partial charge in [0.1, 0.15) is 13.2 Å². The molecule has 3 N–H and O–H groups in total. The van der Waals surface area contributed by atoms with Gasteiger partial charge in [-0.1, -0.05) is 0 Å². The number of aliphatic carboxylic acids is 1. The summed E-state index contributed by atoms with van der Waals surface area (Å²) in [5.41, 5.74) is 0. The summed E-state index contributed by atoms with van der Waals surface area (Å²) in [5.74, 6) is -2.19. The van der Waals surface area contributed by atoms with E-state index in [0.717, 1.165) is 12.8 Å². The van der Waals surface area contributed by atoms with Crippen molar-refractivity contribution in [1.82, 2.24) is 15.5 Å². The van der Waals surface area contributed by atoms with E-state index >= 15 is 0 Å². The number of rotatable bonds is 6. The molecule has 1 heterocycles. The number of carboxylic acids is 1. The Hall–Kier alpha value is -2.16. The molecule has 9 nitrogen and oxygen atoms in total. The summed E-state index contributed by atoms with van der Waals surface area (Å²) < 4.78 is 4.50. The van der Waals surface area contributed by atoms with E-state index in [-0.39, 0.29) is 12.5 Å². The molecule has 4 amide bonds. The molecule has 0 aromatic carbocycles. The maximum Gasteiger partial charge on any atom is 0.329 e. The number of hydrogen-bond acceptors (Lipinski definition) is 5. The van der Waals surface area contributed by atoms with Gasteiger partial charge in [-0.3, -0.25) is 14.9 Å². The minimum atomic E-state index is -1.21. The minimum absolute atomic E-state index is 0.185. The van der Waals surface area contributed by atoms with E-state index in [1.54, 1.807) is 4.90 Å². The van der Waals surface area contributed by atoms with E-state index < -0.39 is 31.1 Å². The van der Waals surface area contributed by atoms with Gasteiger partial charge in [0, 0.05) is 13.1 Å². The van der Waals surface area contributed by atoms with Gasteiger partial charge in [0.15, 0.2) is 0 Å². The fourth-order valence-electron chi connectivity index (χ4n) is 1.67. The number of carbonyl (C=O) groups is 4. The van der Waals surface area contributed by atoms with Crippen molar-refractivity contribution in [2.75, 3.05) is 32.8 Å². The first-order valence-electron chi connectivity index (χ1n) is 6.14. The summed E-state index contributed by atoms with van der Waals surface area (Å²) in [6, 6.07) is -0.818. The maximum atomic E-state index is 11.6. The van der Waals surface area contributed by atoms with Crippen molar-refractivity contribution >= 4 is 23.8 Å². The number of ether oxygens (including phenoxy) is 1. The first-order chi connectivity index (χ1) is 9.49. The zero-order valence-corrected chi connectivity index (χ0v) is 10.9. The van der Waals surface area contributed by atoms with Crippen molar-refractivity contribution in [2.24, 2.45) is 0 Å². The Morgan fingerprint density at radius 3 is 2.35 bits per heavy atom. The molecule has 0 aromatic heterocycles. The molecule has 0 saturated carbocycles. The lowest BCUT2D eigenvalue weighted by Gasteiger charge is -2.15. The molecule has 112 valence electrons. The standard InChI is InChI=1S/C11H17N3O6/c15-8(6-20-7-10(17)18)13-11(19)12-5-9(16)14-3-1-2-4-14/h1-7H2,(H,17,18)(H2,12,13,15,19). The second-order valence-corrected chi connectivity index (χ2v) is 4.21. The van der Waals surface area contributed by atoms with E-state index in [1.165, 1.54) is 0 Å². The quantitative estimate of drug-likeness (QED) is 0.548. The molecule has 0 spiro atoms. The average molecular weight is 287 g/mol. The molecule has 0 bridgehead atoms. The van der Waals surface area contributed by atoms with E-state index in [2.05, 4.69) is 10.1 Å². The van der Waals surface area contributed by atoms with Crippen LogP contribution in [0.2, 0.25) is 0 Å². The number of carboxylic acid groups (broad SMARTS) is 1. The highest BCUT2D eigenvalue weighted by atomic mass is 16.5. The minimum Gasteiger partial charge on any atom is -0.480 e. The van der Waals surface area contributed by atoms with Crippen molar-refractivity contribution in [2.45, 2.75) is 12.8 Å². The number of nitrogens with one attached hydrogen (secondary N) is 2. The predicted molar refractivity (Wildman–Crippen MR) is 65.8 cm³/mol. The van der Waals surface area contributed by atoms with Gasteiger partial charge in [-0.25, -0.2) is 9.59 Å². The second-order valence-electron chi connectivity index (χ2n) is 4.21. The van der Waals surface area contributed by atoms with Crippen LogP contribution in [0.15, 0.2) is 0 Å². The van der Waals surface area contributed by atoms with Crippen LogP contribution in [0.3, 0.4) is 0 Å². The number of urea groups is 1. The summed E-state index contributed by atoms with van der Waals surface area (Å²) in [6.07, 6.45) is 1.91. The third kappa shape index (κ3) is 6.14. The number of likely N-dealkylation sites (tertiary alicyclic amines) is 1. The molecule has 0 aliphatic carbocycles. The van der Waals surface area contributed by atoms with Gasteiger partial charge in [-0.05, 0) is 12.8 Å². The number of amides is 4. The van der Waals surface area contributed by atoms with Gasteiger partial charge in [0.2, 0.25) is 5.91 Å². The lowest BCUT2D eigenvalue weighted by Crippen LogP contribution is -2.45. The largest absolute Gasteiger partial charge is 0.480 e. The van der Waals surface area contributed by atoms with Crippen molar-refractivity contribution in [3.05, 3.63) is 0 Å².